The summed E-state index contributed by atoms with van der Waals surface area (Å²) in [6.07, 6.45) is 32.2. The third-order valence-corrected chi connectivity index (χ3v) is 7.40. The summed E-state index contributed by atoms with van der Waals surface area (Å²) in [5, 5.41) is 26.3. The van der Waals surface area contributed by atoms with Gasteiger partial charge >= 0.3 is 5.97 Å². The van der Waals surface area contributed by atoms with Crippen molar-refractivity contribution in [2.75, 3.05) is 32.8 Å². The maximum absolute atomic E-state index is 10.3. The highest BCUT2D eigenvalue weighted by Crippen LogP contribution is 2.13. The molecule has 0 aromatic rings. The van der Waals surface area contributed by atoms with Crippen LogP contribution in [0.3, 0.4) is 0 Å². The van der Waals surface area contributed by atoms with E-state index in [1.165, 1.54) is 141 Å². The van der Waals surface area contributed by atoms with Gasteiger partial charge in [-0.05, 0) is 19.4 Å². The fraction of sp³-hybridized carbons (Fsp3) is 0.970. The van der Waals surface area contributed by atoms with Gasteiger partial charge in [-0.1, -0.05) is 155 Å². The first-order chi connectivity index (χ1) is 18.6. The molecule has 5 heteroatoms. The van der Waals surface area contributed by atoms with E-state index in [9.17, 15) is 4.79 Å². The summed E-state index contributed by atoms with van der Waals surface area (Å²) in [5.41, 5.74) is 0. The second-order valence-corrected chi connectivity index (χ2v) is 11.2. The van der Waals surface area contributed by atoms with Gasteiger partial charge in [0.05, 0.1) is 13.2 Å². The molecule has 5 nitrogen and oxygen atoms in total. The van der Waals surface area contributed by atoms with Crippen molar-refractivity contribution in [2.24, 2.45) is 0 Å². The van der Waals surface area contributed by atoms with E-state index in [2.05, 4.69) is 18.7 Å². The van der Waals surface area contributed by atoms with Gasteiger partial charge in [-0.2, -0.15) is 0 Å². The fourth-order valence-electron chi connectivity index (χ4n) is 4.91. The summed E-state index contributed by atoms with van der Waals surface area (Å²) in [6, 6.07) is 0. The summed E-state index contributed by atoms with van der Waals surface area (Å²) in [6.45, 7) is 7.31. The number of aliphatic carboxylic acids is 1. The molecular formula is C33H69NO4. The van der Waals surface area contributed by atoms with Gasteiger partial charge in [0.2, 0.25) is 0 Å². The molecule has 0 atom stereocenters. The van der Waals surface area contributed by atoms with Gasteiger partial charge < -0.3 is 15.3 Å². The molecule has 0 amide bonds. The number of aliphatic hydroxyl groups is 2. The zero-order chi connectivity index (χ0) is 28.4. The van der Waals surface area contributed by atoms with Crippen LogP contribution in [0.25, 0.3) is 0 Å². The normalized spacial score (nSPS) is 11.1. The molecule has 0 heterocycles. The number of hydrogen-bond donors (Lipinski definition) is 3. The van der Waals surface area contributed by atoms with Gasteiger partial charge in [0.1, 0.15) is 0 Å². The molecule has 0 rings (SSSR count). The Kier molecular flexibility index (Phi) is 37.8. The Morgan fingerprint density at radius 2 is 0.737 bits per heavy atom. The largest absolute Gasteiger partial charge is 0.481 e. The third kappa shape index (κ3) is 37.5. The number of rotatable bonds is 30. The SMILES string of the molecule is CCCCCCCCCCCCCCC(=O)O.CCCCCCCCCCCCCCN(CCO)CCO. The van der Waals surface area contributed by atoms with E-state index in [0.717, 1.165) is 19.4 Å². The van der Waals surface area contributed by atoms with E-state index in [1.54, 1.807) is 0 Å². The van der Waals surface area contributed by atoms with Crippen molar-refractivity contribution in [1.29, 1.82) is 0 Å². The van der Waals surface area contributed by atoms with E-state index >= 15 is 0 Å². The zero-order valence-electron chi connectivity index (χ0n) is 25.9. The van der Waals surface area contributed by atoms with Crippen molar-refractivity contribution in [3.63, 3.8) is 0 Å². The first-order valence-corrected chi connectivity index (χ1v) is 16.8. The average molecular weight is 544 g/mol. The highest BCUT2D eigenvalue weighted by atomic mass is 16.4. The standard InChI is InChI=1S/C18H39NO2.C15H30O2/c1-2-3-4-5-6-7-8-9-10-11-12-13-14-19(15-17-20)16-18-21;1-2-3-4-5-6-7-8-9-10-11-12-13-14-15(16)17/h20-21H,2-18H2,1H3;2-14H2,1H3,(H,16,17). The Hall–Kier alpha value is -0.650. The maximum atomic E-state index is 10.3. The number of carboxylic acid groups (broad SMARTS) is 1. The third-order valence-electron chi connectivity index (χ3n) is 7.40. The Balaban J connectivity index is 0. The Morgan fingerprint density at radius 1 is 0.447 bits per heavy atom. The number of nitrogens with zero attached hydrogens (tertiary/aromatic N) is 1. The predicted octanol–water partition coefficient (Wildman–Crippen LogP) is 9.14. The lowest BCUT2D eigenvalue weighted by atomic mass is 10.0. The molecule has 0 unspecified atom stereocenters. The van der Waals surface area contributed by atoms with E-state index < -0.39 is 5.97 Å². The highest BCUT2D eigenvalue weighted by molar-refractivity contribution is 5.66. The van der Waals surface area contributed by atoms with E-state index in [4.69, 9.17) is 15.3 Å². The molecule has 3 N–H and O–H groups in total. The summed E-state index contributed by atoms with van der Waals surface area (Å²) in [7, 11) is 0. The Morgan fingerprint density at radius 3 is 1.03 bits per heavy atom. The Bertz CT molecular complexity index is 427. The predicted molar refractivity (Wildman–Crippen MR) is 165 cm³/mol. The van der Waals surface area contributed by atoms with Crippen LogP contribution >= 0.6 is 0 Å². The minimum absolute atomic E-state index is 0.193. The van der Waals surface area contributed by atoms with Crippen LogP contribution < -0.4 is 0 Å². The molecule has 38 heavy (non-hydrogen) atoms. The van der Waals surface area contributed by atoms with Crippen molar-refractivity contribution in [3.05, 3.63) is 0 Å². The van der Waals surface area contributed by atoms with Gasteiger partial charge in [-0.15, -0.1) is 0 Å². The van der Waals surface area contributed by atoms with Gasteiger partial charge in [0.25, 0.3) is 0 Å². The molecule has 230 valence electrons. The minimum Gasteiger partial charge on any atom is -0.481 e. The van der Waals surface area contributed by atoms with Crippen LogP contribution in [-0.4, -0.2) is 59.0 Å². The topological polar surface area (TPSA) is 81.0 Å². The first kappa shape index (κ1) is 39.5. The molecule has 0 aromatic heterocycles. The van der Waals surface area contributed by atoms with Crippen LogP contribution in [0.4, 0.5) is 0 Å². The Labute approximate surface area is 238 Å². The lowest BCUT2D eigenvalue weighted by molar-refractivity contribution is -0.137. The van der Waals surface area contributed by atoms with Crippen molar-refractivity contribution in [3.8, 4) is 0 Å². The summed E-state index contributed by atoms with van der Waals surface area (Å²) < 4.78 is 0. The smallest absolute Gasteiger partial charge is 0.303 e. The molecule has 0 aliphatic rings. The van der Waals surface area contributed by atoms with Crippen LogP contribution in [0.5, 0.6) is 0 Å². The first-order valence-electron chi connectivity index (χ1n) is 16.8. The number of hydrogen-bond acceptors (Lipinski definition) is 4. The van der Waals surface area contributed by atoms with E-state index in [0.29, 0.717) is 19.5 Å². The monoisotopic (exact) mass is 544 g/mol. The molecule has 0 radical (unpaired) electrons. The molecule has 0 aromatic carbocycles. The van der Waals surface area contributed by atoms with Gasteiger partial charge in [-0.3, -0.25) is 9.69 Å². The lowest BCUT2D eigenvalue weighted by Gasteiger charge is -2.19. The molecular weight excluding hydrogens is 474 g/mol. The maximum Gasteiger partial charge on any atom is 0.303 e. The number of carboxylic acids is 1. The number of carbonyl (C=O) groups is 1. The molecule has 0 aliphatic carbocycles. The summed E-state index contributed by atoms with van der Waals surface area (Å²) in [4.78, 5) is 12.4. The molecule has 0 bridgehead atoms. The number of unbranched alkanes of at least 4 members (excludes halogenated alkanes) is 22. The van der Waals surface area contributed by atoms with Crippen LogP contribution in [0, 0.1) is 0 Å². The molecule has 0 aliphatic heterocycles. The van der Waals surface area contributed by atoms with Crippen molar-refractivity contribution >= 4 is 5.97 Å². The quantitative estimate of drug-likeness (QED) is 0.0787. The molecule has 0 spiro atoms. The second-order valence-electron chi connectivity index (χ2n) is 11.2. The van der Waals surface area contributed by atoms with Crippen molar-refractivity contribution in [1.82, 2.24) is 4.90 Å². The summed E-state index contributed by atoms with van der Waals surface area (Å²) in [5.74, 6) is -0.655. The van der Waals surface area contributed by atoms with Crippen molar-refractivity contribution < 1.29 is 20.1 Å². The van der Waals surface area contributed by atoms with Crippen molar-refractivity contribution in [2.45, 2.75) is 174 Å². The summed E-state index contributed by atoms with van der Waals surface area (Å²) >= 11 is 0. The second kappa shape index (κ2) is 36.4. The molecule has 0 saturated heterocycles. The average Bonchev–Trinajstić information content (AvgIpc) is 2.90. The van der Waals surface area contributed by atoms with Gasteiger partial charge in [-0.25, -0.2) is 0 Å². The number of aliphatic hydroxyl groups excluding tert-OH is 2. The fourth-order valence-corrected chi connectivity index (χ4v) is 4.91. The molecule has 0 saturated carbocycles. The van der Waals surface area contributed by atoms with Crippen LogP contribution in [0.2, 0.25) is 0 Å². The van der Waals surface area contributed by atoms with Crippen LogP contribution in [0.15, 0.2) is 0 Å². The van der Waals surface area contributed by atoms with Gasteiger partial charge in [0, 0.05) is 19.5 Å². The lowest BCUT2D eigenvalue weighted by Crippen LogP contribution is -2.30. The van der Waals surface area contributed by atoms with Crippen LogP contribution in [-0.2, 0) is 4.79 Å². The minimum atomic E-state index is -0.655. The zero-order valence-corrected chi connectivity index (χ0v) is 25.9. The highest BCUT2D eigenvalue weighted by Gasteiger charge is 2.02. The van der Waals surface area contributed by atoms with Gasteiger partial charge in [0.15, 0.2) is 0 Å². The van der Waals surface area contributed by atoms with E-state index in [-0.39, 0.29) is 13.2 Å². The molecule has 0 fully saturated rings. The van der Waals surface area contributed by atoms with Crippen LogP contribution in [0.1, 0.15) is 174 Å². The van der Waals surface area contributed by atoms with E-state index in [1.807, 2.05) is 0 Å².